The summed E-state index contributed by atoms with van der Waals surface area (Å²) in [6.07, 6.45) is 3.37. The lowest BCUT2D eigenvalue weighted by molar-refractivity contribution is -0.112. The SMILES string of the molecule is Cc1ccc(NC(=O)/C(C#N)=C\c2cn(Cc3ccc(C(=O)O)o3)c3ccccc23)c(C)c1. The van der Waals surface area contributed by atoms with Crippen LogP contribution >= 0.6 is 0 Å². The van der Waals surface area contributed by atoms with Crippen LogP contribution in [0.3, 0.4) is 0 Å². The standard InChI is InChI=1S/C26H21N3O4/c1-16-7-9-22(17(2)11-16)28-25(30)18(13-27)12-19-14-29(23-6-4-3-5-21(19)23)15-20-8-10-24(33-20)26(31)32/h3-12,14H,15H2,1-2H3,(H,28,30)(H,31,32)/b18-12-. The molecule has 7 nitrogen and oxygen atoms in total. The van der Waals surface area contributed by atoms with E-state index >= 15 is 0 Å². The molecule has 2 aromatic heterocycles. The van der Waals surface area contributed by atoms with Gasteiger partial charge in [0.1, 0.15) is 17.4 Å². The van der Waals surface area contributed by atoms with E-state index in [0.29, 0.717) is 23.6 Å². The quantitative estimate of drug-likeness (QED) is 0.319. The summed E-state index contributed by atoms with van der Waals surface area (Å²) in [6, 6.07) is 18.3. The van der Waals surface area contributed by atoms with Gasteiger partial charge in [0.2, 0.25) is 5.76 Å². The third-order valence-electron chi connectivity index (χ3n) is 5.31. The minimum absolute atomic E-state index is 0.0240. The maximum atomic E-state index is 12.8. The molecule has 0 spiro atoms. The van der Waals surface area contributed by atoms with Crippen LogP contribution in [0.5, 0.6) is 0 Å². The van der Waals surface area contributed by atoms with Crippen LogP contribution in [0.2, 0.25) is 0 Å². The lowest BCUT2D eigenvalue weighted by Gasteiger charge is -2.08. The molecule has 4 rings (SSSR count). The maximum Gasteiger partial charge on any atom is 0.371 e. The molecule has 4 aromatic rings. The Bertz CT molecular complexity index is 1450. The molecule has 0 saturated carbocycles. The highest BCUT2D eigenvalue weighted by Crippen LogP contribution is 2.25. The van der Waals surface area contributed by atoms with Crippen molar-refractivity contribution in [2.75, 3.05) is 5.32 Å². The first-order chi connectivity index (χ1) is 15.9. The van der Waals surface area contributed by atoms with Crippen LogP contribution in [-0.4, -0.2) is 21.6 Å². The molecular formula is C26H21N3O4. The third-order valence-corrected chi connectivity index (χ3v) is 5.31. The van der Waals surface area contributed by atoms with Crippen molar-refractivity contribution in [2.24, 2.45) is 0 Å². The molecule has 2 aromatic carbocycles. The number of furan rings is 1. The minimum Gasteiger partial charge on any atom is -0.475 e. The van der Waals surface area contributed by atoms with Crippen LogP contribution in [0.25, 0.3) is 17.0 Å². The Balaban J connectivity index is 1.67. The second-order valence-corrected chi connectivity index (χ2v) is 7.74. The van der Waals surface area contributed by atoms with E-state index in [9.17, 15) is 14.9 Å². The summed E-state index contributed by atoms with van der Waals surface area (Å²) >= 11 is 0. The van der Waals surface area contributed by atoms with Crippen LogP contribution in [0, 0.1) is 25.2 Å². The predicted molar refractivity (Wildman–Crippen MR) is 125 cm³/mol. The van der Waals surface area contributed by atoms with Gasteiger partial charge in [0.05, 0.1) is 6.54 Å². The molecule has 0 radical (unpaired) electrons. The largest absolute Gasteiger partial charge is 0.475 e. The van der Waals surface area contributed by atoms with Crippen molar-refractivity contribution in [2.45, 2.75) is 20.4 Å². The zero-order chi connectivity index (χ0) is 23.5. The van der Waals surface area contributed by atoms with E-state index in [1.807, 2.05) is 73.1 Å². The summed E-state index contributed by atoms with van der Waals surface area (Å²) < 4.78 is 7.27. The van der Waals surface area contributed by atoms with Gasteiger partial charge >= 0.3 is 5.97 Å². The number of aryl methyl sites for hydroxylation is 2. The summed E-state index contributed by atoms with van der Waals surface area (Å²) in [5.41, 5.74) is 4.19. The average Bonchev–Trinajstić information content (AvgIpc) is 3.39. The zero-order valence-corrected chi connectivity index (χ0v) is 18.1. The predicted octanol–water partition coefficient (Wildman–Crippen LogP) is 5.14. The average molecular weight is 439 g/mol. The Labute approximate surface area is 190 Å². The van der Waals surface area contributed by atoms with Gasteiger partial charge in [0.25, 0.3) is 5.91 Å². The number of amides is 1. The van der Waals surface area contributed by atoms with Gasteiger partial charge < -0.3 is 19.4 Å². The molecular weight excluding hydrogens is 418 g/mol. The summed E-state index contributed by atoms with van der Waals surface area (Å²) in [5, 5.41) is 22.4. The zero-order valence-electron chi connectivity index (χ0n) is 18.1. The Morgan fingerprint density at radius 3 is 2.64 bits per heavy atom. The van der Waals surface area contributed by atoms with E-state index in [4.69, 9.17) is 9.52 Å². The number of hydrogen-bond acceptors (Lipinski definition) is 4. The fourth-order valence-electron chi connectivity index (χ4n) is 3.71. The minimum atomic E-state index is -1.13. The Kier molecular flexibility index (Phi) is 5.83. The molecule has 1 amide bonds. The number of carboxylic acid groups (broad SMARTS) is 1. The first-order valence-electron chi connectivity index (χ1n) is 10.3. The molecule has 33 heavy (non-hydrogen) atoms. The number of aromatic carboxylic acids is 1. The number of rotatable bonds is 6. The number of carboxylic acids is 1. The van der Waals surface area contributed by atoms with Crippen molar-refractivity contribution in [3.8, 4) is 6.07 Å². The molecule has 7 heteroatoms. The summed E-state index contributed by atoms with van der Waals surface area (Å²) in [5.74, 6) is -1.26. The van der Waals surface area contributed by atoms with E-state index in [0.717, 1.165) is 22.0 Å². The molecule has 0 fully saturated rings. The number of hydrogen-bond donors (Lipinski definition) is 2. The van der Waals surface area contributed by atoms with Crippen LogP contribution in [0.4, 0.5) is 5.69 Å². The molecule has 0 unspecified atom stereocenters. The number of anilines is 1. The van der Waals surface area contributed by atoms with E-state index in [2.05, 4.69) is 5.32 Å². The number of benzene rings is 2. The number of para-hydroxylation sites is 1. The highest BCUT2D eigenvalue weighted by molar-refractivity contribution is 6.11. The summed E-state index contributed by atoms with van der Waals surface area (Å²) in [4.78, 5) is 23.9. The van der Waals surface area contributed by atoms with Crippen molar-refractivity contribution in [3.05, 3.63) is 94.6 Å². The van der Waals surface area contributed by atoms with Crippen LogP contribution in [0.1, 0.15) is 33.0 Å². The molecule has 0 atom stereocenters. The van der Waals surface area contributed by atoms with Gasteiger partial charge in [-0.1, -0.05) is 35.9 Å². The molecule has 0 aliphatic rings. The van der Waals surface area contributed by atoms with Crippen molar-refractivity contribution in [3.63, 3.8) is 0 Å². The van der Waals surface area contributed by atoms with Crippen molar-refractivity contribution in [1.29, 1.82) is 5.26 Å². The van der Waals surface area contributed by atoms with E-state index in [1.54, 1.807) is 12.1 Å². The number of nitriles is 1. The number of aromatic nitrogens is 1. The number of nitrogens with zero attached hydrogens (tertiary/aromatic N) is 2. The molecule has 2 heterocycles. The van der Waals surface area contributed by atoms with Crippen molar-refractivity contribution in [1.82, 2.24) is 4.57 Å². The van der Waals surface area contributed by atoms with Gasteiger partial charge in [-0.05, 0) is 49.8 Å². The number of carbonyl (C=O) groups is 2. The van der Waals surface area contributed by atoms with Gasteiger partial charge in [-0.3, -0.25) is 4.79 Å². The normalized spacial score (nSPS) is 11.4. The molecule has 0 aliphatic carbocycles. The Hall–Kier alpha value is -4.57. The lowest BCUT2D eigenvalue weighted by Crippen LogP contribution is -2.14. The number of fused-ring (bicyclic) bond motifs is 1. The Morgan fingerprint density at radius 1 is 1.15 bits per heavy atom. The maximum absolute atomic E-state index is 12.8. The molecule has 0 saturated heterocycles. The van der Waals surface area contributed by atoms with Crippen LogP contribution < -0.4 is 5.32 Å². The van der Waals surface area contributed by atoms with Crippen LogP contribution in [0.15, 0.2) is 70.8 Å². The highest BCUT2D eigenvalue weighted by Gasteiger charge is 2.15. The first-order valence-corrected chi connectivity index (χ1v) is 10.3. The number of nitrogens with one attached hydrogen (secondary N) is 1. The Morgan fingerprint density at radius 2 is 1.94 bits per heavy atom. The topological polar surface area (TPSA) is 108 Å². The second kappa shape index (κ2) is 8.89. The van der Waals surface area contributed by atoms with Crippen molar-refractivity contribution >= 4 is 34.5 Å². The highest BCUT2D eigenvalue weighted by atomic mass is 16.4. The van der Waals surface area contributed by atoms with E-state index in [-0.39, 0.29) is 11.3 Å². The van der Waals surface area contributed by atoms with E-state index < -0.39 is 11.9 Å². The molecule has 0 bridgehead atoms. The first kappa shape index (κ1) is 21.7. The van der Waals surface area contributed by atoms with Gasteiger partial charge in [0.15, 0.2) is 0 Å². The second-order valence-electron chi connectivity index (χ2n) is 7.74. The monoisotopic (exact) mass is 439 g/mol. The molecule has 2 N–H and O–H groups in total. The van der Waals surface area contributed by atoms with Gasteiger partial charge in [0, 0.05) is 28.4 Å². The fourth-order valence-corrected chi connectivity index (χ4v) is 3.71. The van der Waals surface area contributed by atoms with Crippen molar-refractivity contribution < 1.29 is 19.1 Å². The van der Waals surface area contributed by atoms with Gasteiger partial charge in [-0.25, -0.2) is 4.79 Å². The molecule has 0 aliphatic heterocycles. The van der Waals surface area contributed by atoms with Gasteiger partial charge in [-0.2, -0.15) is 5.26 Å². The summed E-state index contributed by atoms with van der Waals surface area (Å²) in [6.45, 7) is 4.18. The lowest BCUT2D eigenvalue weighted by atomic mass is 10.1. The third kappa shape index (κ3) is 4.55. The van der Waals surface area contributed by atoms with Crippen LogP contribution in [-0.2, 0) is 11.3 Å². The molecule has 164 valence electrons. The fraction of sp³-hybridized carbons (Fsp3) is 0.115. The smallest absolute Gasteiger partial charge is 0.371 e. The van der Waals surface area contributed by atoms with Gasteiger partial charge in [-0.15, -0.1) is 0 Å². The number of carbonyl (C=O) groups excluding carboxylic acids is 1. The summed E-state index contributed by atoms with van der Waals surface area (Å²) in [7, 11) is 0. The van der Waals surface area contributed by atoms with E-state index in [1.165, 1.54) is 6.07 Å².